The summed E-state index contributed by atoms with van der Waals surface area (Å²) in [7, 11) is 1.42. The van der Waals surface area contributed by atoms with Crippen LogP contribution in [-0.4, -0.2) is 53.8 Å². The molecule has 2 fully saturated rings. The van der Waals surface area contributed by atoms with E-state index in [9.17, 15) is 19.5 Å². The number of nitrogens with zero attached hydrogens (tertiary/aromatic N) is 2. The van der Waals surface area contributed by atoms with E-state index in [1.807, 2.05) is 18.7 Å². The van der Waals surface area contributed by atoms with Gasteiger partial charge in [-0.15, -0.1) is 12.4 Å². The van der Waals surface area contributed by atoms with Crippen molar-refractivity contribution in [2.75, 3.05) is 25.1 Å². The Balaban J connectivity index is 0.00000342. The Bertz CT molecular complexity index is 1220. The van der Waals surface area contributed by atoms with Gasteiger partial charge in [-0.1, -0.05) is 13.8 Å². The molecule has 1 saturated carbocycles. The number of methoxy groups -OCH3 is 1. The first-order valence-corrected chi connectivity index (χ1v) is 11.5. The number of nitrogens with two attached hydrogens (primary N) is 1. The lowest BCUT2D eigenvalue weighted by molar-refractivity contribution is -0.123. The van der Waals surface area contributed by atoms with Gasteiger partial charge in [0.05, 0.1) is 24.1 Å². The fraction of sp³-hybridized carbons (Fsp3) is 0.542. The lowest BCUT2D eigenvalue weighted by Gasteiger charge is -2.46. The number of carbonyl (C=O) groups is 2. The zero-order valence-corrected chi connectivity index (χ0v) is 21.1. The van der Waals surface area contributed by atoms with Gasteiger partial charge >= 0.3 is 5.97 Å². The molecule has 1 aliphatic carbocycles. The molecule has 1 amide bonds. The van der Waals surface area contributed by atoms with Crippen LogP contribution in [0.3, 0.4) is 0 Å². The van der Waals surface area contributed by atoms with E-state index in [0.29, 0.717) is 25.0 Å². The SMILES string of the molecule is COc1c(N2CCC(NC(=O)[C@H](C)N)C(C)(C)C2)c(F)cc2c(=O)c(C(=O)O)cn(C3CC3)c12.Cl. The number of fused-ring (bicyclic) bond motifs is 1. The van der Waals surface area contributed by atoms with E-state index in [-0.39, 0.29) is 52.8 Å². The molecule has 1 aromatic heterocycles. The van der Waals surface area contributed by atoms with Gasteiger partial charge in [0.2, 0.25) is 11.3 Å². The van der Waals surface area contributed by atoms with Gasteiger partial charge in [0.1, 0.15) is 11.3 Å². The van der Waals surface area contributed by atoms with Crippen LogP contribution >= 0.6 is 12.4 Å². The summed E-state index contributed by atoms with van der Waals surface area (Å²) in [6.45, 7) is 6.50. The van der Waals surface area contributed by atoms with Crippen molar-refractivity contribution in [3.8, 4) is 5.75 Å². The average Bonchev–Trinajstić information content (AvgIpc) is 3.59. The van der Waals surface area contributed by atoms with Crippen LogP contribution in [0.4, 0.5) is 10.1 Å². The molecule has 2 aromatic rings. The van der Waals surface area contributed by atoms with Crippen LogP contribution in [0.5, 0.6) is 5.75 Å². The molecule has 2 heterocycles. The Morgan fingerprint density at radius 2 is 1.97 bits per heavy atom. The summed E-state index contributed by atoms with van der Waals surface area (Å²) in [4.78, 5) is 38.6. The summed E-state index contributed by atoms with van der Waals surface area (Å²) in [5.41, 5.74) is 4.81. The van der Waals surface area contributed by atoms with Crippen molar-refractivity contribution < 1.29 is 23.8 Å². The number of rotatable bonds is 6. The van der Waals surface area contributed by atoms with E-state index >= 15 is 4.39 Å². The standard InChI is InChI=1S/C24H31FN4O5.ClH/c1-12(26)22(31)27-17-7-8-28(11-24(17,2)3)19-16(25)9-14-18(21(19)34-4)29(13-5-6-13)10-15(20(14)30)23(32)33;/h9-10,12-13,17H,5-8,11,26H2,1-4H3,(H,27,31)(H,32,33);1H/t12-,17?;/m0./s1. The van der Waals surface area contributed by atoms with Crippen LogP contribution in [0.1, 0.15) is 56.4 Å². The van der Waals surface area contributed by atoms with E-state index in [1.54, 1.807) is 11.5 Å². The maximum atomic E-state index is 15.6. The molecule has 0 bridgehead atoms. The number of carboxylic acids is 1. The highest BCUT2D eigenvalue weighted by atomic mass is 35.5. The number of carboxylic acid groups (broad SMARTS) is 1. The van der Waals surface area contributed by atoms with Crippen LogP contribution in [0, 0.1) is 11.2 Å². The molecule has 0 radical (unpaired) electrons. The van der Waals surface area contributed by atoms with Gasteiger partial charge in [0, 0.05) is 36.8 Å². The predicted octanol–water partition coefficient (Wildman–Crippen LogP) is 2.67. The third kappa shape index (κ3) is 4.81. The molecule has 192 valence electrons. The van der Waals surface area contributed by atoms with Crippen LogP contribution in [0.2, 0.25) is 0 Å². The topological polar surface area (TPSA) is 127 Å². The van der Waals surface area contributed by atoms with Gasteiger partial charge in [0.15, 0.2) is 11.6 Å². The third-order valence-corrected chi connectivity index (χ3v) is 6.85. The van der Waals surface area contributed by atoms with Crippen molar-refractivity contribution >= 4 is 40.9 Å². The molecule has 4 rings (SSSR count). The van der Waals surface area contributed by atoms with E-state index in [2.05, 4.69) is 5.32 Å². The van der Waals surface area contributed by atoms with Crippen LogP contribution in [-0.2, 0) is 4.79 Å². The smallest absolute Gasteiger partial charge is 0.341 e. The number of pyridine rings is 1. The van der Waals surface area contributed by atoms with E-state index in [4.69, 9.17) is 10.5 Å². The first-order chi connectivity index (χ1) is 16.0. The second-order valence-electron chi connectivity index (χ2n) is 10.0. The molecule has 1 aromatic carbocycles. The molecule has 4 N–H and O–H groups in total. The van der Waals surface area contributed by atoms with Gasteiger partial charge in [-0.25, -0.2) is 9.18 Å². The summed E-state index contributed by atoms with van der Waals surface area (Å²) in [6.07, 6.45) is 3.59. The molecule has 2 aliphatic rings. The Kier molecular flexibility index (Phi) is 7.38. The molecule has 35 heavy (non-hydrogen) atoms. The van der Waals surface area contributed by atoms with E-state index in [1.165, 1.54) is 13.3 Å². The number of piperidine rings is 1. The second kappa shape index (κ2) is 9.66. The summed E-state index contributed by atoms with van der Waals surface area (Å²) >= 11 is 0. The lowest BCUT2D eigenvalue weighted by Crippen LogP contribution is -2.57. The monoisotopic (exact) mass is 510 g/mol. The van der Waals surface area contributed by atoms with Gasteiger partial charge < -0.3 is 30.4 Å². The Hall–Kier alpha value is -2.85. The Morgan fingerprint density at radius 3 is 2.49 bits per heavy atom. The molecule has 2 atom stereocenters. The number of halogens is 2. The first kappa shape index (κ1) is 26.7. The number of nitrogens with one attached hydrogen (secondary N) is 1. The minimum Gasteiger partial charge on any atom is -0.492 e. The largest absolute Gasteiger partial charge is 0.492 e. The number of hydrogen-bond donors (Lipinski definition) is 3. The van der Waals surface area contributed by atoms with Gasteiger partial charge in [-0.3, -0.25) is 9.59 Å². The number of benzene rings is 1. The van der Waals surface area contributed by atoms with Crippen molar-refractivity contribution in [3.63, 3.8) is 0 Å². The summed E-state index contributed by atoms with van der Waals surface area (Å²) < 4.78 is 23.0. The van der Waals surface area contributed by atoms with Crippen LogP contribution in [0.25, 0.3) is 10.9 Å². The molecule has 0 spiro atoms. The maximum Gasteiger partial charge on any atom is 0.341 e. The van der Waals surface area contributed by atoms with Gasteiger partial charge in [-0.2, -0.15) is 0 Å². The number of aromatic carboxylic acids is 1. The Morgan fingerprint density at radius 1 is 1.31 bits per heavy atom. The van der Waals surface area contributed by atoms with Crippen LogP contribution in [0.15, 0.2) is 17.1 Å². The number of amides is 1. The zero-order chi connectivity index (χ0) is 24.9. The lowest BCUT2D eigenvalue weighted by atomic mass is 9.78. The number of ether oxygens (including phenoxy) is 1. The zero-order valence-electron chi connectivity index (χ0n) is 20.3. The fourth-order valence-corrected chi connectivity index (χ4v) is 4.84. The second-order valence-corrected chi connectivity index (χ2v) is 10.0. The highest BCUT2D eigenvalue weighted by Crippen LogP contribution is 2.45. The van der Waals surface area contributed by atoms with Crippen molar-refractivity contribution in [1.29, 1.82) is 0 Å². The van der Waals surface area contributed by atoms with Crippen molar-refractivity contribution in [2.45, 2.75) is 58.2 Å². The van der Waals surface area contributed by atoms with Crippen molar-refractivity contribution in [2.24, 2.45) is 11.1 Å². The summed E-state index contributed by atoms with van der Waals surface area (Å²) in [5, 5.41) is 12.5. The molecule has 9 nitrogen and oxygen atoms in total. The minimum atomic E-state index is -1.34. The number of aromatic nitrogens is 1. The summed E-state index contributed by atoms with van der Waals surface area (Å²) in [6, 6.07) is 0.392. The third-order valence-electron chi connectivity index (χ3n) is 6.85. The molecular formula is C24H32ClFN4O5. The fourth-order valence-electron chi connectivity index (χ4n) is 4.84. The average molecular weight is 511 g/mol. The molecule has 1 saturated heterocycles. The number of anilines is 1. The maximum absolute atomic E-state index is 15.6. The Labute approximate surface area is 208 Å². The highest BCUT2D eigenvalue weighted by molar-refractivity contribution is 5.97. The number of hydrogen-bond acceptors (Lipinski definition) is 6. The van der Waals surface area contributed by atoms with E-state index in [0.717, 1.165) is 18.9 Å². The first-order valence-electron chi connectivity index (χ1n) is 11.5. The quantitative estimate of drug-likeness (QED) is 0.545. The van der Waals surface area contributed by atoms with Crippen molar-refractivity contribution in [3.05, 3.63) is 33.9 Å². The molecule has 1 unspecified atom stereocenters. The predicted molar refractivity (Wildman–Crippen MR) is 133 cm³/mol. The minimum absolute atomic E-state index is 0. The summed E-state index contributed by atoms with van der Waals surface area (Å²) in [5.74, 6) is -2.02. The number of carbonyl (C=O) groups excluding carboxylic acids is 1. The molecule has 1 aliphatic heterocycles. The van der Waals surface area contributed by atoms with Gasteiger partial charge in [-0.05, 0) is 32.3 Å². The molecule has 11 heteroatoms. The van der Waals surface area contributed by atoms with Crippen molar-refractivity contribution in [1.82, 2.24) is 9.88 Å². The highest BCUT2D eigenvalue weighted by Gasteiger charge is 2.39. The normalized spacial score (nSPS) is 20.2. The van der Waals surface area contributed by atoms with Crippen LogP contribution < -0.4 is 26.1 Å². The van der Waals surface area contributed by atoms with Gasteiger partial charge in [0.25, 0.3) is 0 Å². The van der Waals surface area contributed by atoms with E-state index < -0.39 is 28.7 Å². The molecular weight excluding hydrogens is 479 g/mol.